The molecule has 1 aliphatic carbocycles. The summed E-state index contributed by atoms with van der Waals surface area (Å²) in [5, 5.41) is 3.72. The fourth-order valence-corrected chi connectivity index (χ4v) is 3.18. The summed E-state index contributed by atoms with van der Waals surface area (Å²) < 4.78 is 0. The first-order chi connectivity index (χ1) is 8.79. The summed E-state index contributed by atoms with van der Waals surface area (Å²) in [4.78, 5) is 0. The van der Waals surface area contributed by atoms with Crippen molar-refractivity contribution in [2.45, 2.75) is 58.4 Å². The lowest BCUT2D eigenvalue weighted by molar-refractivity contribution is 0.269. The average Bonchev–Trinajstić information content (AvgIpc) is 2.42. The molecule has 1 aromatic rings. The summed E-state index contributed by atoms with van der Waals surface area (Å²) in [5.41, 5.74) is 2.84. The summed E-state index contributed by atoms with van der Waals surface area (Å²) in [7, 11) is 0. The van der Waals surface area contributed by atoms with Crippen LogP contribution in [0.5, 0.6) is 0 Å². The second kappa shape index (κ2) is 6.94. The maximum absolute atomic E-state index is 3.72. The summed E-state index contributed by atoms with van der Waals surface area (Å²) >= 11 is 0. The van der Waals surface area contributed by atoms with Gasteiger partial charge in [-0.05, 0) is 44.2 Å². The molecule has 1 N–H and O–H groups in total. The van der Waals surface area contributed by atoms with E-state index in [0.29, 0.717) is 6.04 Å². The van der Waals surface area contributed by atoms with Crippen LogP contribution >= 0.6 is 0 Å². The number of nitrogens with one attached hydrogen (secondary N) is 1. The number of rotatable bonds is 5. The summed E-state index contributed by atoms with van der Waals surface area (Å²) in [6.07, 6.45) is 8.34. The van der Waals surface area contributed by atoms with Crippen LogP contribution in [0.2, 0.25) is 0 Å². The number of benzene rings is 1. The molecule has 1 saturated carbocycles. The van der Waals surface area contributed by atoms with Crippen molar-refractivity contribution in [3.63, 3.8) is 0 Å². The lowest BCUT2D eigenvalue weighted by Gasteiger charge is -2.31. The molecule has 0 heterocycles. The Morgan fingerprint density at radius 3 is 2.39 bits per heavy atom. The van der Waals surface area contributed by atoms with Gasteiger partial charge in [-0.1, -0.05) is 56.0 Å². The number of hydrogen-bond acceptors (Lipinski definition) is 1. The number of hydrogen-bond donors (Lipinski definition) is 1. The van der Waals surface area contributed by atoms with Gasteiger partial charge >= 0.3 is 0 Å². The molecule has 0 bridgehead atoms. The molecule has 0 amide bonds. The first-order valence-corrected chi connectivity index (χ1v) is 7.58. The van der Waals surface area contributed by atoms with Gasteiger partial charge in [0.2, 0.25) is 0 Å². The third-order valence-corrected chi connectivity index (χ3v) is 4.26. The molecule has 1 nitrogen and oxygen atoms in total. The third kappa shape index (κ3) is 3.84. The monoisotopic (exact) mass is 245 g/mol. The zero-order valence-electron chi connectivity index (χ0n) is 11.9. The van der Waals surface area contributed by atoms with Crippen molar-refractivity contribution in [2.24, 2.45) is 5.92 Å². The van der Waals surface area contributed by atoms with Crippen molar-refractivity contribution >= 4 is 0 Å². The Hall–Kier alpha value is -0.820. The quantitative estimate of drug-likeness (QED) is 0.823. The van der Waals surface area contributed by atoms with Crippen molar-refractivity contribution in [1.29, 1.82) is 0 Å². The molecule has 2 rings (SSSR count). The number of aryl methyl sites for hydroxylation is 1. The topological polar surface area (TPSA) is 12.0 Å². The Morgan fingerprint density at radius 1 is 1.11 bits per heavy atom. The average molecular weight is 245 g/mol. The highest BCUT2D eigenvalue weighted by Crippen LogP contribution is 2.28. The van der Waals surface area contributed by atoms with Crippen molar-refractivity contribution in [2.75, 3.05) is 6.54 Å². The summed E-state index contributed by atoms with van der Waals surface area (Å²) in [6, 6.07) is 9.74. The van der Waals surface area contributed by atoms with Gasteiger partial charge in [-0.25, -0.2) is 0 Å². The van der Waals surface area contributed by atoms with E-state index in [0.717, 1.165) is 12.5 Å². The van der Waals surface area contributed by atoms with E-state index in [9.17, 15) is 0 Å². The minimum absolute atomic E-state index is 0.679. The van der Waals surface area contributed by atoms with Crippen molar-refractivity contribution in [3.05, 3.63) is 35.4 Å². The van der Waals surface area contributed by atoms with E-state index in [-0.39, 0.29) is 0 Å². The Kier molecular flexibility index (Phi) is 5.25. The fraction of sp³-hybridized carbons (Fsp3) is 0.647. The molecular formula is C17H27N. The molecule has 1 aliphatic rings. The Balaban J connectivity index is 1.98. The molecule has 1 aromatic carbocycles. The van der Waals surface area contributed by atoms with Gasteiger partial charge in [0.25, 0.3) is 0 Å². The standard InChI is InChI=1S/C17H27N/c1-3-18-17(16-7-5-4-6-8-16)13-15-11-9-14(2)10-12-15/h9-12,16-18H,3-8,13H2,1-2H3. The van der Waals surface area contributed by atoms with Crippen LogP contribution in [0.15, 0.2) is 24.3 Å². The second-order valence-corrected chi connectivity index (χ2v) is 5.75. The zero-order chi connectivity index (χ0) is 12.8. The largest absolute Gasteiger partial charge is 0.314 e. The predicted octanol–water partition coefficient (Wildman–Crippen LogP) is 4.10. The smallest absolute Gasteiger partial charge is 0.0136 e. The van der Waals surface area contributed by atoms with E-state index >= 15 is 0 Å². The first kappa shape index (κ1) is 13.6. The van der Waals surface area contributed by atoms with Gasteiger partial charge < -0.3 is 5.32 Å². The van der Waals surface area contributed by atoms with Gasteiger partial charge in [-0.3, -0.25) is 0 Å². The van der Waals surface area contributed by atoms with Crippen LogP contribution in [0, 0.1) is 12.8 Å². The fourth-order valence-electron chi connectivity index (χ4n) is 3.18. The molecule has 0 spiro atoms. The van der Waals surface area contributed by atoms with Crippen molar-refractivity contribution in [1.82, 2.24) is 5.32 Å². The predicted molar refractivity (Wildman–Crippen MR) is 78.9 cm³/mol. The molecule has 100 valence electrons. The van der Waals surface area contributed by atoms with E-state index in [2.05, 4.69) is 43.4 Å². The molecule has 1 heteroatoms. The molecule has 1 atom stereocenters. The molecular weight excluding hydrogens is 218 g/mol. The van der Waals surface area contributed by atoms with E-state index in [1.807, 2.05) is 0 Å². The maximum Gasteiger partial charge on any atom is 0.0136 e. The molecule has 0 aromatic heterocycles. The van der Waals surface area contributed by atoms with Crippen LogP contribution in [0.25, 0.3) is 0 Å². The highest BCUT2D eigenvalue weighted by atomic mass is 14.9. The van der Waals surface area contributed by atoms with Crippen molar-refractivity contribution in [3.8, 4) is 0 Å². The maximum atomic E-state index is 3.72. The van der Waals surface area contributed by atoms with Gasteiger partial charge in [-0.2, -0.15) is 0 Å². The van der Waals surface area contributed by atoms with Crippen LogP contribution in [0.3, 0.4) is 0 Å². The molecule has 1 unspecified atom stereocenters. The minimum Gasteiger partial charge on any atom is -0.314 e. The van der Waals surface area contributed by atoms with E-state index < -0.39 is 0 Å². The van der Waals surface area contributed by atoms with E-state index in [1.165, 1.54) is 49.7 Å². The molecule has 1 fully saturated rings. The number of likely N-dealkylation sites (N-methyl/N-ethyl adjacent to an activating group) is 1. The van der Waals surface area contributed by atoms with Crippen LogP contribution < -0.4 is 5.32 Å². The SMILES string of the molecule is CCNC(Cc1ccc(C)cc1)C1CCCCC1. The van der Waals surface area contributed by atoms with Crippen LogP contribution in [0.4, 0.5) is 0 Å². The molecule has 0 aliphatic heterocycles. The van der Waals surface area contributed by atoms with E-state index in [1.54, 1.807) is 0 Å². The normalized spacial score (nSPS) is 18.8. The minimum atomic E-state index is 0.679. The van der Waals surface area contributed by atoms with Crippen LogP contribution in [-0.4, -0.2) is 12.6 Å². The van der Waals surface area contributed by atoms with E-state index in [4.69, 9.17) is 0 Å². The highest BCUT2D eigenvalue weighted by molar-refractivity contribution is 5.22. The second-order valence-electron chi connectivity index (χ2n) is 5.75. The highest BCUT2D eigenvalue weighted by Gasteiger charge is 2.22. The molecule has 0 saturated heterocycles. The van der Waals surface area contributed by atoms with Crippen LogP contribution in [-0.2, 0) is 6.42 Å². The van der Waals surface area contributed by atoms with Crippen molar-refractivity contribution < 1.29 is 0 Å². The van der Waals surface area contributed by atoms with Gasteiger partial charge in [0, 0.05) is 6.04 Å². The lowest BCUT2D eigenvalue weighted by atomic mass is 9.81. The van der Waals surface area contributed by atoms with Gasteiger partial charge in [-0.15, -0.1) is 0 Å². The summed E-state index contributed by atoms with van der Waals surface area (Å²) in [5.74, 6) is 0.889. The molecule has 18 heavy (non-hydrogen) atoms. The first-order valence-electron chi connectivity index (χ1n) is 7.58. The third-order valence-electron chi connectivity index (χ3n) is 4.26. The Morgan fingerprint density at radius 2 is 1.78 bits per heavy atom. The molecule has 0 radical (unpaired) electrons. The van der Waals surface area contributed by atoms with Crippen LogP contribution in [0.1, 0.15) is 50.2 Å². The Bertz CT molecular complexity index is 335. The zero-order valence-corrected chi connectivity index (χ0v) is 11.9. The van der Waals surface area contributed by atoms with Gasteiger partial charge in [0.05, 0.1) is 0 Å². The van der Waals surface area contributed by atoms with Gasteiger partial charge in [0.15, 0.2) is 0 Å². The lowest BCUT2D eigenvalue weighted by Crippen LogP contribution is -2.38. The van der Waals surface area contributed by atoms with Gasteiger partial charge in [0.1, 0.15) is 0 Å². The Labute approximate surface area is 112 Å². The summed E-state index contributed by atoms with van der Waals surface area (Å²) in [6.45, 7) is 5.48.